The van der Waals surface area contributed by atoms with Gasteiger partial charge in [0.15, 0.2) is 5.69 Å². The van der Waals surface area contributed by atoms with E-state index in [1.54, 1.807) is 24.3 Å². The summed E-state index contributed by atoms with van der Waals surface area (Å²) in [5.41, 5.74) is 4.37. The molecule has 1 aliphatic rings. The molecule has 0 unspecified atom stereocenters. The lowest BCUT2D eigenvalue weighted by molar-refractivity contribution is -0.141. The fourth-order valence-corrected chi connectivity index (χ4v) is 4.08. The van der Waals surface area contributed by atoms with Gasteiger partial charge in [-0.05, 0) is 59.0 Å². The molecule has 156 valence electrons. The van der Waals surface area contributed by atoms with Crippen molar-refractivity contribution in [3.63, 3.8) is 0 Å². The first-order valence-electron chi connectivity index (χ1n) is 9.65. The Labute approximate surface area is 181 Å². The van der Waals surface area contributed by atoms with Crippen LogP contribution in [0.4, 0.5) is 13.2 Å². The number of fused-ring (bicyclic) bond motifs is 3. The molecule has 0 atom stereocenters. The van der Waals surface area contributed by atoms with Crippen molar-refractivity contribution in [3.05, 3.63) is 100 Å². The molecule has 31 heavy (non-hydrogen) atoms. The van der Waals surface area contributed by atoms with Crippen LogP contribution in [-0.4, -0.2) is 9.78 Å². The second-order valence-corrected chi connectivity index (χ2v) is 7.73. The zero-order valence-corrected chi connectivity index (χ0v) is 16.9. The molecule has 0 N–H and O–H groups in total. The summed E-state index contributed by atoms with van der Waals surface area (Å²) in [4.78, 5) is 0. The fraction of sp³-hybridized carbons (Fsp3) is 0.125. The van der Waals surface area contributed by atoms with E-state index in [9.17, 15) is 13.2 Å². The van der Waals surface area contributed by atoms with Gasteiger partial charge in [0.2, 0.25) is 0 Å². The minimum absolute atomic E-state index is 0.0833. The Morgan fingerprint density at radius 2 is 1.65 bits per heavy atom. The maximum Gasteiger partial charge on any atom is 0.435 e. The second kappa shape index (κ2) is 7.46. The van der Waals surface area contributed by atoms with Crippen LogP contribution in [0.15, 0.2) is 72.8 Å². The number of ether oxygens (including phenoxy) is 1. The summed E-state index contributed by atoms with van der Waals surface area (Å²) in [6.07, 6.45) is -3.76. The third-order valence-corrected chi connectivity index (χ3v) is 5.63. The summed E-state index contributed by atoms with van der Waals surface area (Å²) in [6.45, 7) is -0.0833. The van der Waals surface area contributed by atoms with Crippen LogP contribution in [0.1, 0.15) is 22.5 Å². The number of halogens is 4. The van der Waals surface area contributed by atoms with Crippen molar-refractivity contribution in [3.8, 4) is 22.6 Å². The Hall–Kier alpha value is -3.25. The van der Waals surface area contributed by atoms with Crippen molar-refractivity contribution in [2.24, 2.45) is 0 Å². The quantitative estimate of drug-likeness (QED) is 0.311. The van der Waals surface area contributed by atoms with Crippen LogP contribution in [-0.2, 0) is 19.2 Å². The van der Waals surface area contributed by atoms with E-state index >= 15 is 0 Å². The van der Waals surface area contributed by atoms with Gasteiger partial charge >= 0.3 is 6.18 Å². The molecule has 3 aromatic carbocycles. The van der Waals surface area contributed by atoms with Crippen LogP contribution in [0.2, 0.25) is 5.02 Å². The molecule has 0 amide bonds. The molecule has 0 spiro atoms. The van der Waals surface area contributed by atoms with Crippen LogP contribution in [0.25, 0.3) is 16.8 Å². The topological polar surface area (TPSA) is 27.1 Å². The van der Waals surface area contributed by atoms with Gasteiger partial charge in [-0.25, -0.2) is 4.68 Å². The molecule has 0 aliphatic heterocycles. The predicted molar refractivity (Wildman–Crippen MR) is 113 cm³/mol. The highest BCUT2D eigenvalue weighted by molar-refractivity contribution is 6.32. The van der Waals surface area contributed by atoms with Crippen LogP contribution >= 0.6 is 11.6 Å². The number of alkyl halides is 3. The van der Waals surface area contributed by atoms with Crippen molar-refractivity contribution in [1.29, 1.82) is 0 Å². The Morgan fingerprint density at radius 1 is 0.903 bits per heavy atom. The summed E-state index contributed by atoms with van der Waals surface area (Å²) in [6, 6.07) is 21.6. The van der Waals surface area contributed by atoms with E-state index in [-0.39, 0.29) is 12.3 Å². The normalized spacial score (nSPS) is 12.5. The summed E-state index contributed by atoms with van der Waals surface area (Å²) in [5.74, 6) is 0.590. The first-order chi connectivity index (χ1) is 14.9. The lowest BCUT2D eigenvalue weighted by Crippen LogP contribution is -2.08. The van der Waals surface area contributed by atoms with Crippen molar-refractivity contribution < 1.29 is 17.9 Å². The van der Waals surface area contributed by atoms with Gasteiger partial charge in [-0.3, -0.25) is 0 Å². The molecular formula is C24H16ClF3N2O. The molecular weight excluding hydrogens is 425 g/mol. The maximum atomic E-state index is 13.3. The number of hydrogen-bond acceptors (Lipinski definition) is 2. The summed E-state index contributed by atoms with van der Waals surface area (Å²) < 4.78 is 46.9. The molecule has 0 bridgehead atoms. The van der Waals surface area contributed by atoms with Gasteiger partial charge in [-0.2, -0.15) is 18.3 Å². The van der Waals surface area contributed by atoms with Gasteiger partial charge in [-0.1, -0.05) is 54.1 Å². The molecule has 5 rings (SSSR count). The summed E-state index contributed by atoms with van der Waals surface area (Å²) >= 11 is 6.20. The monoisotopic (exact) mass is 440 g/mol. The van der Waals surface area contributed by atoms with E-state index in [2.05, 4.69) is 17.2 Å². The van der Waals surface area contributed by atoms with E-state index in [1.807, 2.05) is 30.3 Å². The highest BCUT2D eigenvalue weighted by Crippen LogP contribution is 2.38. The molecule has 0 saturated carbocycles. The first-order valence-corrected chi connectivity index (χ1v) is 10.0. The van der Waals surface area contributed by atoms with Crippen LogP contribution < -0.4 is 4.74 Å². The van der Waals surface area contributed by atoms with Crippen molar-refractivity contribution >= 4 is 11.6 Å². The third-order valence-electron chi connectivity index (χ3n) is 5.31. The number of hydrogen-bond donors (Lipinski definition) is 0. The Bertz CT molecular complexity index is 1280. The van der Waals surface area contributed by atoms with Crippen molar-refractivity contribution in [2.45, 2.75) is 19.2 Å². The van der Waals surface area contributed by atoms with E-state index < -0.39 is 11.9 Å². The number of aromatic nitrogens is 2. The highest BCUT2D eigenvalue weighted by Gasteiger charge is 2.35. The molecule has 0 radical (unpaired) electrons. The molecule has 3 nitrogen and oxygen atoms in total. The van der Waals surface area contributed by atoms with E-state index in [0.717, 1.165) is 23.6 Å². The van der Waals surface area contributed by atoms with Crippen molar-refractivity contribution in [1.82, 2.24) is 9.78 Å². The molecule has 1 aromatic heterocycles. The standard InChI is InChI=1S/C24H16ClF3N2O/c25-21-7-3-4-8-22(21)30-17(13-23(29-30)24(26,27)28)14-31-18-9-10-20-16(12-18)11-15-5-1-2-6-19(15)20/h1-10,12-13H,11,14H2. The van der Waals surface area contributed by atoms with Gasteiger partial charge in [0.25, 0.3) is 0 Å². The van der Waals surface area contributed by atoms with Gasteiger partial charge in [-0.15, -0.1) is 0 Å². The molecule has 1 aliphatic carbocycles. The Balaban J connectivity index is 1.44. The number of para-hydroxylation sites is 1. The smallest absolute Gasteiger partial charge is 0.435 e. The zero-order valence-electron chi connectivity index (χ0n) is 16.2. The summed E-state index contributed by atoms with van der Waals surface area (Å²) in [7, 11) is 0. The predicted octanol–water partition coefficient (Wildman–Crippen LogP) is 6.69. The third kappa shape index (κ3) is 3.68. The number of benzene rings is 3. The van der Waals surface area contributed by atoms with Gasteiger partial charge in [0.1, 0.15) is 12.4 Å². The summed E-state index contributed by atoms with van der Waals surface area (Å²) in [5, 5.41) is 4.04. The molecule has 7 heteroatoms. The van der Waals surface area contributed by atoms with Crippen LogP contribution in [0, 0.1) is 0 Å². The molecule has 0 saturated heterocycles. The highest BCUT2D eigenvalue weighted by atomic mass is 35.5. The van der Waals surface area contributed by atoms with E-state index in [1.165, 1.54) is 15.8 Å². The zero-order chi connectivity index (χ0) is 21.6. The lowest BCUT2D eigenvalue weighted by Gasteiger charge is -2.11. The average Bonchev–Trinajstić information content (AvgIpc) is 3.33. The Morgan fingerprint density at radius 3 is 2.45 bits per heavy atom. The molecule has 1 heterocycles. The van der Waals surface area contributed by atoms with Gasteiger partial charge in [0, 0.05) is 0 Å². The Kier molecular flexibility index (Phi) is 4.74. The first kappa shape index (κ1) is 19.7. The fourth-order valence-electron chi connectivity index (χ4n) is 3.86. The van der Waals surface area contributed by atoms with Crippen molar-refractivity contribution in [2.75, 3.05) is 0 Å². The van der Waals surface area contributed by atoms with Gasteiger partial charge < -0.3 is 4.74 Å². The van der Waals surface area contributed by atoms with Crippen LogP contribution in [0.3, 0.4) is 0 Å². The molecule has 0 fully saturated rings. The SMILES string of the molecule is FC(F)(F)c1cc(COc2ccc3c(c2)Cc2ccccc2-3)n(-c2ccccc2Cl)n1. The maximum absolute atomic E-state index is 13.3. The second-order valence-electron chi connectivity index (χ2n) is 7.32. The number of rotatable bonds is 4. The van der Waals surface area contributed by atoms with E-state index in [4.69, 9.17) is 16.3 Å². The molecule has 4 aromatic rings. The van der Waals surface area contributed by atoms with Gasteiger partial charge in [0.05, 0.1) is 16.4 Å². The average molecular weight is 441 g/mol. The number of nitrogens with zero attached hydrogens (tertiary/aromatic N) is 2. The lowest BCUT2D eigenvalue weighted by atomic mass is 10.1. The minimum Gasteiger partial charge on any atom is -0.487 e. The van der Waals surface area contributed by atoms with E-state index in [0.29, 0.717) is 16.5 Å². The largest absolute Gasteiger partial charge is 0.487 e. The minimum atomic E-state index is -4.57. The van der Waals surface area contributed by atoms with Crippen LogP contribution in [0.5, 0.6) is 5.75 Å².